The van der Waals surface area contributed by atoms with E-state index < -0.39 is 5.43 Å². The molecule has 4 rings (SSSR count). The maximum atomic E-state index is 14.0. The van der Waals surface area contributed by atoms with Crippen LogP contribution in [0.5, 0.6) is 11.5 Å². The molecule has 166 valence electrons. The number of carbonyl (C=O) groups is 1. The molecular weight excluding hydrogens is 415 g/mol. The number of benzene rings is 2. The lowest BCUT2D eigenvalue weighted by molar-refractivity contribution is 0.0710. The highest BCUT2D eigenvalue weighted by molar-refractivity contribution is 5.91. The van der Waals surface area contributed by atoms with E-state index >= 15 is 0 Å². The number of anilines is 1. The third kappa shape index (κ3) is 4.74. The van der Waals surface area contributed by atoms with Gasteiger partial charge in [0.2, 0.25) is 11.2 Å². The van der Waals surface area contributed by atoms with Gasteiger partial charge in [0, 0.05) is 32.2 Å². The topological polar surface area (TPSA) is 72.2 Å². The van der Waals surface area contributed by atoms with E-state index in [9.17, 15) is 14.0 Å². The number of rotatable bonds is 6. The Morgan fingerprint density at radius 2 is 1.84 bits per heavy atom. The van der Waals surface area contributed by atoms with Crippen LogP contribution >= 0.6 is 0 Å². The number of hydrogen-bond acceptors (Lipinski definition) is 6. The van der Waals surface area contributed by atoms with Gasteiger partial charge in [-0.05, 0) is 29.8 Å². The van der Waals surface area contributed by atoms with E-state index in [-0.39, 0.29) is 29.8 Å². The number of carbonyl (C=O) groups excluding carboxylic acids is 1. The standard InChI is InChI=1S/C24H23FN2O5/c1-30-18-6-4-5-17(13-18)15-31-23-16-32-22(14-21(23)28)24(29)27-11-9-26(10-12-27)20-8-3-2-7-19(20)25/h2-8,13-14,16H,9-12,15H2,1H3. The first kappa shape index (κ1) is 21.4. The lowest BCUT2D eigenvalue weighted by Crippen LogP contribution is -2.49. The van der Waals surface area contributed by atoms with Crippen LogP contribution in [-0.2, 0) is 6.61 Å². The third-order valence-corrected chi connectivity index (χ3v) is 5.30. The molecule has 8 heteroatoms. The minimum absolute atomic E-state index is 0.0220. The average Bonchev–Trinajstić information content (AvgIpc) is 2.83. The van der Waals surface area contributed by atoms with E-state index in [0.29, 0.717) is 37.6 Å². The number of halogens is 1. The maximum Gasteiger partial charge on any atom is 0.289 e. The Morgan fingerprint density at radius 3 is 2.56 bits per heavy atom. The molecule has 0 atom stereocenters. The number of para-hydroxylation sites is 1. The second-order valence-electron chi connectivity index (χ2n) is 7.34. The van der Waals surface area contributed by atoms with Gasteiger partial charge in [0.25, 0.3) is 5.91 Å². The fraction of sp³-hybridized carbons (Fsp3) is 0.250. The molecule has 1 saturated heterocycles. The highest BCUT2D eigenvalue weighted by Gasteiger charge is 2.25. The molecule has 2 aromatic carbocycles. The van der Waals surface area contributed by atoms with Gasteiger partial charge >= 0.3 is 0 Å². The number of ether oxygens (including phenoxy) is 2. The average molecular weight is 438 g/mol. The van der Waals surface area contributed by atoms with E-state index in [1.807, 2.05) is 23.1 Å². The van der Waals surface area contributed by atoms with Crippen LogP contribution in [0.4, 0.5) is 10.1 Å². The largest absolute Gasteiger partial charge is 0.497 e. The lowest BCUT2D eigenvalue weighted by atomic mass is 10.2. The smallest absolute Gasteiger partial charge is 0.289 e. The zero-order valence-corrected chi connectivity index (χ0v) is 17.6. The quantitative estimate of drug-likeness (QED) is 0.588. The molecule has 0 spiro atoms. The van der Waals surface area contributed by atoms with Crippen LogP contribution in [0.3, 0.4) is 0 Å². The van der Waals surface area contributed by atoms with Crippen molar-refractivity contribution >= 4 is 11.6 Å². The van der Waals surface area contributed by atoms with Crippen molar-refractivity contribution in [2.24, 2.45) is 0 Å². The Kier molecular flexibility index (Phi) is 6.39. The van der Waals surface area contributed by atoms with Gasteiger partial charge in [-0.1, -0.05) is 24.3 Å². The molecule has 0 aliphatic carbocycles. The summed E-state index contributed by atoms with van der Waals surface area (Å²) in [6.45, 7) is 1.92. The minimum Gasteiger partial charge on any atom is -0.497 e. The third-order valence-electron chi connectivity index (χ3n) is 5.30. The summed E-state index contributed by atoms with van der Waals surface area (Å²) in [6, 6.07) is 15.0. The summed E-state index contributed by atoms with van der Waals surface area (Å²) in [5.74, 6) is -0.0107. The van der Waals surface area contributed by atoms with E-state index in [4.69, 9.17) is 13.9 Å². The van der Waals surface area contributed by atoms with Crippen LogP contribution in [0.25, 0.3) is 0 Å². The molecule has 0 unspecified atom stereocenters. The van der Waals surface area contributed by atoms with Crippen LogP contribution in [0.1, 0.15) is 16.1 Å². The van der Waals surface area contributed by atoms with Crippen molar-refractivity contribution in [3.63, 3.8) is 0 Å². The molecule has 3 aromatic rings. The predicted molar refractivity (Wildman–Crippen MR) is 117 cm³/mol. The van der Waals surface area contributed by atoms with Gasteiger partial charge in [-0.2, -0.15) is 0 Å². The Hall–Kier alpha value is -3.81. The van der Waals surface area contributed by atoms with Crippen molar-refractivity contribution in [2.75, 3.05) is 38.2 Å². The number of nitrogens with zero attached hydrogens (tertiary/aromatic N) is 2. The molecule has 0 N–H and O–H groups in total. The Balaban J connectivity index is 1.37. The van der Waals surface area contributed by atoms with Crippen molar-refractivity contribution in [2.45, 2.75) is 6.61 Å². The van der Waals surface area contributed by atoms with Crippen molar-refractivity contribution in [3.05, 3.63) is 88.2 Å². The van der Waals surface area contributed by atoms with Crippen molar-refractivity contribution in [1.29, 1.82) is 0 Å². The summed E-state index contributed by atoms with van der Waals surface area (Å²) >= 11 is 0. The van der Waals surface area contributed by atoms with Gasteiger partial charge in [-0.3, -0.25) is 9.59 Å². The molecule has 0 bridgehead atoms. The van der Waals surface area contributed by atoms with Gasteiger partial charge in [0.1, 0.15) is 24.4 Å². The van der Waals surface area contributed by atoms with Crippen molar-refractivity contribution in [1.82, 2.24) is 4.90 Å². The first-order valence-corrected chi connectivity index (χ1v) is 10.2. The van der Waals surface area contributed by atoms with Crippen molar-refractivity contribution in [3.8, 4) is 11.5 Å². The van der Waals surface area contributed by atoms with Gasteiger partial charge in [0.05, 0.1) is 12.8 Å². The highest BCUT2D eigenvalue weighted by atomic mass is 19.1. The Morgan fingerprint density at radius 1 is 1.06 bits per heavy atom. The molecule has 1 aliphatic rings. The van der Waals surface area contributed by atoms with E-state index in [2.05, 4.69) is 0 Å². The second kappa shape index (κ2) is 9.55. The monoisotopic (exact) mass is 438 g/mol. The molecule has 7 nitrogen and oxygen atoms in total. The van der Waals surface area contributed by atoms with Crippen molar-refractivity contribution < 1.29 is 23.1 Å². The number of piperazine rings is 1. The number of hydrogen-bond donors (Lipinski definition) is 0. The second-order valence-corrected chi connectivity index (χ2v) is 7.34. The molecule has 2 heterocycles. The summed E-state index contributed by atoms with van der Waals surface area (Å²) in [7, 11) is 1.57. The number of methoxy groups -OCH3 is 1. The molecule has 0 saturated carbocycles. The van der Waals surface area contributed by atoms with E-state index in [1.165, 1.54) is 6.07 Å². The molecule has 1 aromatic heterocycles. The fourth-order valence-corrected chi connectivity index (χ4v) is 3.55. The van der Waals surface area contributed by atoms with Crippen LogP contribution in [0, 0.1) is 5.82 Å². The van der Waals surface area contributed by atoms with Crippen LogP contribution < -0.4 is 19.8 Å². The van der Waals surface area contributed by atoms with Gasteiger partial charge in [-0.25, -0.2) is 4.39 Å². The predicted octanol–water partition coefficient (Wildman–Crippen LogP) is 3.33. The van der Waals surface area contributed by atoms with Crippen LogP contribution in [-0.4, -0.2) is 44.1 Å². The van der Waals surface area contributed by atoms with E-state index in [1.54, 1.807) is 36.3 Å². The van der Waals surface area contributed by atoms with Gasteiger partial charge in [-0.15, -0.1) is 0 Å². The highest BCUT2D eigenvalue weighted by Crippen LogP contribution is 2.21. The zero-order chi connectivity index (χ0) is 22.5. The molecule has 1 amide bonds. The van der Waals surface area contributed by atoms with Crippen LogP contribution in [0.2, 0.25) is 0 Å². The first-order valence-electron chi connectivity index (χ1n) is 10.2. The zero-order valence-electron chi connectivity index (χ0n) is 17.6. The lowest BCUT2D eigenvalue weighted by Gasteiger charge is -2.35. The van der Waals surface area contributed by atoms with Crippen LogP contribution in [0.15, 0.2) is 70.1 Å². The molecule has 0 radical (unpaired) electrons. The minimum atomic E-state index is -0.438. The molecule has 1 aliphatic heterocycles. The Bertz CT molecular complexity index is 1150. The SMILES string of the molecule is COc1cccc(COc2coc(C(=O)N3CCN(c4ccccc4F)CC3)cc2=O)c1. The normalized spacial score (nSPS) is 13.7. The molecule has 32 heavy (non-hydrogen) atoms. The summed E-state index contributed by atoms with van der Waals surface area (Å²) in [5.41, 5.74) is 0.910. The number of amides is 1. The Labute approximate surface area is 184 Å². The molecular formula is C24H23FN2O5. The van der Waals surface area contributed by atoms with Gasteiger partial charge in [0.15, 0.2) is 5.76 Å². The fourth-order valence-electron chi connectivity index (χ4n) is 3.55. The van der Waals surface area contributed by atoms with E-state index in [0.717, 1.165) is 17.9 Å². The first-order chi connectivity index (χ1) is 15.5. The van der Waals surface area contributed by atoms with Gasteiger partial charge < -0.3 is 23.7 Å². The summed E-state index contributed by atoms with van der Waals surface area (Å²) in [5, 5.41) is 0. The summed E-state index contributed by atoms with van der Waals surface area (Å²) in [6.07, 6.45) is 1.16. The summed E-state index contributed by atoms with van der Waals surface area (Å²) in [4.78, 5) is 28.7. The maximum absolute atomic E-state index is 14.0. The molecule has 1 fully saturated rings. The summed E-state index contributed by atoms with van der Waals surface area (Å²) < 4.78 is 30.1.